The molecule has 0 spiro atoms. The van der Waals surface area contributed by atoms with Crippen LogP contribution in [0.4, 0.5) is 0 Å². The van der Waals surface area contributed by atoms with Gasteiger partial charge >= 0.3 is 0 Å². The van der Waals surface area contributed by atoms with Crippen LogP contribution in [0, 0.1) is 0 Å². The van der Waals surface area contributed by atoms with Crippen LogP contribution in [-0.2, 0) is 0 Å². The molecule has 0 saturated carbocycles. The van der Waals surface area contributed by atoms with Gasteiger partial charge in [-0.2, -0.15) is 0 Å². The van der Waals surface area contributed by atoms with E-state index in [4.69, 9.17) is 15.7 Å². The molecule has 5 nitrogen and oxygen atoms in total. The minimum Gasteiger partial charge on any atom is -0.371 e. The molecule has 0 amide bonds. The van der Waals surface area contributed by atoms with Gasteiger partial charge in [0.25, 0.3) is 0 Å². The largest absolute Gasteiger partial charge is 0.371 e. The van der Waals surface area contributed by atoms with E-state index < -0.39 is 6.79 Å². The molecule has 0 rings (SSSR count). The quantitative estimate of drug-likeness (QED) is 0.224. The highest BCUT2D eigenvalue weighted by atomic mass is 16.5. The van der Waals surface area contributed by atoms with Crippen LogP contribution in [0.25, 0.3) is 10.4 Å². The second-order valence-corrected chi connectivity index (χ2v) is 0.689. The Balaban J connectivity index is 0. The molecule has 0 aliphatic carbocycles. The lowest BCUT2D eigenvalue weighted by atomic mass is 10.8. The molecule has 8 heavy (non-hydrogen) atoms. The first-order chi connectivity index (χ1) is 3.83. The maximum Gasteiger partial charge on any atom is 0.140 e. The fraction of sp³-hybridized carbons (Fsp3) is 1.00. The van der Waals surface area contributed by atoms with Crippen molar-refractivity contribution in [3.63, 3.8) is 0 Å². The SMILES string of the molecule is CCN=[N+]=[N-].OCO. The molecular formula is C3H9N3O2. The summed E-state index contributed by atoms with van der Waals surface area (Å²) in [6, 6.07) is 0. The van der Waals surface area contributed by atoms with E-state index >= 15 is 0 Å². The zero-order chi connectivity index (χ0) is 6.83. The number of hydrogen-bond donors (Lipinski definition) is 2. The van der Waals surface area contributed by atoms with Crippen molar-refractivity contribution in [2.45, 2.75) is 6.92 Å². The summed E-state index contributed by atoms with van der Waals surface area (Å²) >= 11 is 0. The molecule has 0 bridgehead atoms. The Morgan fingerprint density at radius 2 is 2.00 bits per heavy atom. The van der Waals surface area contributed by atoms with Crippen LogP contribution in [-0.4, -0.2) is 23.6 Å². The maximum atomic E-state index is 7.52. The molecule has 0 aromatic carbocycles. The van der Waals surface area contributed by atoms with Crippen LogP contribution >= 0.6 is 0 Å². The highest BCUT2D eigenvalue weighted by molar-refractivity contribution is 4.36. The Kier molecular flexibility index (Phi) is 20.9. The lowest BCUT2D eigenvalue weighted by Crippen LogP contribution is -1.66. The van der Waals surface area contributed by atoms with Gasteiger partial charge in [0.05, 0.1) is 0 Å². The number of rotatable bonds is 1. The van der Waals surface area contributed by atoms with E-state index in [0.717, 1.165) is 0 Å². The number of nitrogens with zero attached hydrogens (tertiary/aromatic N) is 3. The summed E-state index contributed by atoms with van der Waals surface area (Å²) in [7, 11) is 0. The Morgan fingerprint density at radius 1 is 1.62 bits per heavy atom. The summed E-state index contributed by atoms with van der Waals surface area (Å²) in [5.41, 5.74) is 7.52. The molecular weight excluding hydrogens is 110 g/mol. The first-order valence-electron chi connectivity index (χ1n) is 2.06. The zero-order valence-corrected chi connectivity index (χ0v) is 4.65. The smallest absolute Gasteiger partial charge is 0.140 e. The molecule has 48 valence electrons. The van der Waals surface area contributed by atoms with Crippen LogP contribution < -0.4 is 0 Å². The van der Waals surface area contributed by atoms with Crippen LogP contribution in [0.5, 0.6) is 0 Å². The van der Waals surface area contributed by atoms with E-state index in [9.17, 15) is 0 Å². The molecule has 2 N–H and O–H groups in total. The van der Waals surface area contributed by atoms with Gasteiger partial charge in [0.2, 0.25) is 0 Å². The monoisotopic (exact) mass is 119 g/mol. The summed E-state index contributed by atoms with van der Waals surface area (Å²) in [5.74, 6) is 0. The van der Waals surface area contributed by atoms with E-state index in [2.05, 4.69) is 10.0 Å². The maximum absolute atomic E-state index is 7.52. The van der Waals surface area contributed by atoms with Gasteiger partial charge in [0.1, 0.15) is 6.79 Å². The van der Waals surface area contributed by atoms with Crippen molar-refractivity contribution < 1.29 is 10.2 Å². The Hall–Kier alpha value is -0.770. The highest BCUT2D eigenvalue weighted by Crippen LogP contribution is 1.61. The van der Waals surface area contributed by atoms with Crippen molar-refractivity contribution in [3.05, 3.63) is 10.4 Å². The molecule has 0 fully saturated rings. The molecule has 0 aromatic heterocycles. The van der Waals surface area contributed by atoms with Gasteiger partial charge in [-0.3, -0.25) is 0 Å². The third-order valence-electron chi connectivity index (χ3n) is 0.205. The highest BCUT2D eigenvalue weighted by Gasteiger charge is 1.51. The standard InChI is InChI=1S/C2H5N3.CH4O2/c1-2-4-5-3;2-1-3/h2H2,1H3;2-3H,1H2. The van der Waals surface area contributed by atoms with Gasteiger partial charge in [0.15, 0.2) is 0 Å². The molecule has 0 aromatic rings. The van der Waals surface area contributed by atoms with Crippen LogP contribution in [0.3, 0.4) is 0 Å². The van der Waals surface area contributed by atoms with Crippen molar-refractivity contribution in [3.8, 4) is 0 Å². The summed E-state index contributed by atoms with van der Waals surface area (Å²) in [6.07, 6.45) is 0. The normalized spacial score (nSPS) is 5.88. The fourth-order valence-electron chi connectivity index (χ4n) is 0.0632. The lowest BCUT2D eigenvalue weighted by Gasteiger charge is -1.57. The van der Waals surface area contributed by atoms with E-state index in [1.54, 1.807) is 6.92 Å². The minimum atomic E-state index is -0.750. The number of aliphatic hydroxyl groups excluding tert-OH is 1. The number of azide groups is 1. The molecule has 0 radical (unpaired) electrons. The van der Waals surface area contributed by atoms with Gasteiger partial charge in [-0.25, -0.2) is 0 Å². The van der Waals surface area contributed by atoms with Crippen LogP contribution in [0.1, 0.15) is 6.92 Å². The summed E-state index contributed by atoms with van der Waals surface area (Å²) < 4.78 is 0. The second kappa shape index (κ2) is 16.3. The summed E-state index contributed by atoms with van der Waals surface area (Å²) in [5, 5.41) is 17.4. The Morgan fingerprint density at radius 3 is 2.00 bits per heavy atom. The van der Waals surface area contributed by atoms with Gasteiger partial charge < -0.3 is 10.2 Å². The van der Waals surface area contributed by atoms with Crippen molar-refractivity contribution in [1.29, 1.82) is 0 Å². The average molecular weight is 119 g/mol. The van der Waals surface area contributed by atoms with Crippen LogP contribution in [0.2, 0.25) is 0 Å². The number of aliphatic hydroxyl groups is 2. The summed E-state index contributed by atoms with van der Waals surface area (Å²) in [6.45, 7) is 1.59. The van der Waals surface area contributed by atoms with Crippen molar-refractivity contribution >= 4 is 0 Å². The van der Waals surface area contributed by atoms with Crippen molar-refractivity contribution in [2.24, 2.45) is 5.11 Å². The van der Waals surface area contributed by atoms with Gasteiger partial charge in [0, 0.05) is 11.5 Å². The Labute approximate surface area is 47.2 Å². The first kappa shape index (κ1) is 10.3. The van der Waals surface area contributed by atoms with Gasteiger partial charge in [-0.05, 0) is 5.53 Å². The molecule has 0 heterocycles. The van der Waals surface area contributed by atoms with E-state index in [-0.39, 0.29) is 0 Å². The van der Waals surface area contributed by atoms with Crippen molar-refractivity contribution in [1.82, 2.24) is 0 Å². The molecule has 0 aliphatic heterocycles. The molecule has 0 unspecified atom stereocenters. The fourth-order valence-corrected chi connectivity index (χ4v) is 0.0632. The summed E-state index contributed by atoms with van der Waals surface area (Å²) in [4.78, 5) is 2.48. The third-order valence-corrected chi connectivity index (χ3v) is 0.205. The first-order valence-corrected chi connectivity index (χ1v) is 2.06. The van der Waals surface area contributed by atoms with Crippen molar-refractivity contribution in [2.75, 3.05) is 13.3 Å². The van der Waals surface area contributed by atoms with Crippen LogP contribution in [0.15, 0.2) is 5.11 Å². The Bertz CT molecular complexity index is 68.9. The van der Waals surface area contributed by atoms with E-state index in [1.165, 1.54) is 0 Å². The molecule has 0 atom stereocenters. The third kappa shape index (κ3) is 61.9. The predicted octanol–water partition coefficient (Wildman–Crippen LogP) is 0.245. The average Bonchev–Trinajstić information content (AvgIpc) is 1.71. The van der Waals surface area contributed by atoms with E-state index in [1.807, 2.05) is 0 Å². The minimum absolute atomic E-state index is 0.552. The zero-order valence-electron chi connectivity index (χ0n) is 4.65. The molecule has 5 heteroatoms. The second-order valence-electron chi connectivity index (χ2n) is 0.689. The number of hydrogen-bond acceptors (Lipinski definition) is 3. The molecule has 0 saturated heterocycles. The van der Waals surface area contributed by atoms with Gasteiger partial charge in [-0.1, -0.05) is 12.0 Å². The lowest BCUT2D eigenvalue weighted by molar-refractivity contribution is 0.0773. The topological polar surface area (TPSA) is 89.2 Å². The van der Waals surface area contributed by atoms with Gasteiger partial charge in [-0.15, -0.1) is 0 Å². The predicted molar refractivity (Wildman–Crippen MR) is 29.0 cm³/mol. The van der Waals surface area contributed by atoms with E-state index in [0.29, 0.717) is 6.54 Å². The molecule has 0 aliphatic rings.